The number of amides is 1. The number of hydrogen-bond donors (Lipinski definition) is 1. The van der Waals surface area contributed by atoms with Crippen LogP contribution in [-0.4, -0.2) is 56.8 Å². The summed E-state index contributed by atoms with van der Waals surface area (Å²) >= 11 is 0. The van der Waals surface area contributed by atoms with Crippen molar-refractivity contribution in [2.24, 2.45) is 0 Å². The Hall–Kier alpha value is -3.68. The number of carbonyl (C=O) groups excluding carboxylic acids is 1. The quantitative estimate of drug-likeness (QED) is 0.672. The fourth-order valence-corrected chi connectivity index (χ4v) is 4.86. The number of aromatic carboxylic acids is 1. The van der Waals surface area contributed by atoms with Crippen LogP contribution in [0, 0.1) is 6.92 Å². The van der Waals surface area contributed by atoms with Gasteiger partial charge in [-0.25, -0.2) is 14.3 Å². The van der Waals surface area contributed by atoms with Gasteiger partial charge in [0.2, 0.25) is 0 Å². The number of carboxylic acid groups (broad SMARTS) is 1. The highest BCUT2D eigenvalue weighted by atomic mass is 16.6. The first-order valence-corrected chi connectivity index (χ1v) is 10.8. The summed E-state index contributed by atoms with van der Waals surface area (Å²) in [4.78, 5) is 25.7. The molecule has 0 bridgehead atoms. The highest BCUT2D eigenvalue weighted by molar-refractivity contribution is 5.86. The summed E-state index contributed by atoms with van der Waals surface area (Å²) in [5.41, 5.74) is 5.30. The van der Waals surface area contributed by atoms with Gasteiger partial charge < -0.3 is 14.7 Å². The molecule has 1 aliphatic carbocycles. The van der Waals surface area contributed by atoms with Crippen LogP contribution < -0.4 is 0 Å². The standard InChI is InChI=1S/C24H24N4O4/c1-15-22(23(29)30)25-26-28(15)16-10-12-27(13-11-16)24(31)32-14-21-19-8-4-2-6-17(19)18-7-3-5-9-20(18)21/h2-9,16,21H,10-14H2,1H3,(H,29,30). The number of ether oxygens (including phenoxy) is 1. The number of benzene rings is 2. The minimum Gasteiger partial charge on any atom is -0.476 e. The number of aromatic nitrogens is 3. The van der Waals surface area contributed by atoms with E-state index in [4.69, 9.17) is 4.74 Å². The first kappa shape index (κ1) is 20.2. The molecule has 1 aromatic heterocycles. The number of carboxylic acids is 1. The van der Waals surface area contributed by atoms with Gasteiger partial charge in [0.1, 0.15) is 6.61 Å². The summed E-state index contributed by atoms with van der Waals surface area (Å²) in [5.74, 6) is -1.04. The molecule has 1 aliphatic heterocycles. The lowest BCUT2D eigenvalue weighted by atomic mass is 9.98. The van der Waals surface area contributed by atoms with Gasteiger partial charge >= 0.3 is 12.1 Å². The van der Waals surface area contributed by atoms with E-state index in [-0.39, 0.29) is 23.7 Å². The average Bonchev–Trinajstić information content (AvgIpc) is 3.36. The zero-order valence-corrected chi connectivity index (χ0v) is 17.8. The summed E-state index contributed by atoms with van der Waals surface area (Å²) in [5, 5.41) is 17.0. The van der Waals surface area contributed by atoms with Crippen LogP contribution in [0.1, 0.15) is 52.1 Å². The predicted octanol–water partition coefficient (Wildman–Crippen LogP) is 3.87. The van der Waals surface area contributed by atoms with Crippen molar-refractivity contribution in [3.05, 3.63) is 71.0 Å². The topological polar surface area (TPSA) is 97.5 Å². The number of fused-ring (bicyclic) bond motifs is 3. The molecule has 1 fully saturated rings. The molecule has 0 unspecified atom stereocenters. The number of carbonyl (C=O) groups is 2. The van der Waals surface area contributed by atoms with Crippen LogP contribution >= 0.6 is 0 Å². The fourth-order valence-electron chi connectivity index (χ4n) is 4.86. The monoisotopic (exact) mass is 432 g/mol. The molecule has 2 heterocycles. The molecule has 3 aromatic rings. The van der Waals surface area contributed by atoms with Crippen LogP contribution in [0.2, 0.25) is 0 Å². The van der Waals surface area contributed by atoms with E-state index in [1.807, 2.05) is 24.3 Å². The molecule has 32 heavy (non-hydrogen) atoms. The molecule has 0 saturated carbocycles. The van der Waals surface area contributed by atoms with Crippen molar-refractivity contribution in [2.45, 2.75) is 31.7 Å². The molecule has 164 valence electrons. The summed E-state index contributed by atoms with van der Waals surface area (Å²) in [6.45, 7) is 3.07. The Kier molecular flexibility index (Phi) is 5.13. The van der Waals surface area contributed by atoms with Crippen LogP contribution in [0.3, 0.4) is 0 Å². The van der Waals surface area contributed by atoms with Crippen LogP contribution in [0.5, 0.6) is 0 Å². The van der Waals surface area contributed by atoms with E-state index in [9.17, 15) is 14.7 Å². The van der Waals surface area contributed by atoms with Gasteiger partial charge in [0.15, 0.2) is 5.69 Å². The summed E-state index contributed by atoms with van der Waals surface area (Å²) < 4.78 is 7.42. The number of piperidine rings is 1. The van der Waals surface area contributed by atoms with Crippen LogP contribution in [0.4, 0.5) is 4.79 Å². The van der Waals surface area contributed by atoms with Gasteiger partial charge in [0.05, 0.1) is 11.7 Å². The molecule has 8 nitrogen and oxygen atoms in total. The van der Waals surface area contributed by atoms with Crippen LogP contribution in [-0.2, 0) is 4.74 Å². The molecule has 1 saturated heterocycles. The highest BCUT2D eigenvalue weighted by Gasteiger charge is 2.31. The second-order valence-corrected chi connectivity index (χ2v) is 8.30. The maximum Gasteiger partial charge on any atom is 0.409 e. The van der Waals surface area contributed by atoms with Crippen molar-refractivity contribution in [3.8, 4) is 11.1 Å². The summed E-state index contributed by atoms with van der Waals surface area (Å²) in [7, 11) is 0. The van der Waals surface area contributed by atoms with Crippen LogP contribution in [0.25, 0.3) is 11.1 Å². The molecule has 0 radical (unpaired) electrons. The van der Waals surface area contributed by atoms with E-state index in [2.05, 4.69) is 34.6 Å². The molecule has 2 aliphatic rings. The molecular weight excluding hydrogens is 408 g/mol. The van der Waals surface area contributed by atoms with E-state index in [0.29, 0.717) is 38.2 Å². The SMILES string of the molecule is Cc1c(C(=O)O)nnn1C1CCN(C(=O)OCC2c3ccccc3-c3ccccc32)CC1. The van der Waals surface area contributed by atoms with Gasteiger partial charge in [0.25, 0.3) is 0 Å². The first-order valence-electron chi connectivity index (χ1n) is 10.8. The van der Waals surface area contributed by atoms with Crippen molar-refractivity contribution in [3.63, 3.8) is 0 Å². The van der Waals surface area contributed by atoms with Crippen molar-refractivity contribution in [1.82, 2.24) is 19.9 Å². The average molecular weight is 432 g/mol. The maximum absolute atomic E-state index is 12.8. The number of rotatable bonds is 4. The zero-order chi connectivity index (χ0) is 22.2. The normalized spacial score (nSPS) is 16.0. The molecule has 8 heteroatoms. The zero-order valence-electron chi connectivity index (χ0n) is 17.8. The fraction of sp³-hybridized carbons (Fsp3) is 0.333. The molecule has 1 N–H and O–H groups in total. The third-order valence-corrected chi connectivity index (χ3v) is 6.53. The second kappa shape index (κ2) is 8.11. The van der Waals surface area contributed by atoms with E-state index in [1.165, 1.54) is 22.3 Å². The van der Waals surface area contributed by atoms with Gasteiger partial charge in [-0.2, -0.15) is 0 Å². The third kappa shape index (κ3) is 3.41. The van der Waals surface area contributed by atoms with Gasteiger partial charge in [0, 0.05) is 19.0 Å². The maximum atomic E-state index is 12.8. The van der Waals surface area contributed by atoms with Gasteiger partial charge in [-0.3, -0.25) is 0 Å². The van der Waals surface area contributed by atoms with Gasteiger partial charge in [-0.05, 0) is 42.0 Å². The minimum atomic E-state index is -1.08. The third-order valence-electron chi connectivity index (χ3n) is 6.53. The highest BCUT2D eigenvalue weighted by Crippen LogP contribution is 2.44. The van der Waals surface area contributed by atoms with Crippen molar-refractivity contribution >= 4 is 12.1 Å². The Labute approximate surface area is 185 Å². The Morgan fingerprint density at radius 3 is 2.19 bits per heavy atom. The molecule has 2 aromatic carbocycles. The number of hydrogen-bond acceptors (Lipinski definition) is 5. The van der Waals surface area contributed by atoms with E-state index < -0.39 is 5.97 Å². The molecule has 5 rings (SSSR count). The predicted molar refractivity (Wildman–Crippen MR) is 117 cm³/mol. The number of nitrogens with zero attached hydrogens (tertiary/aromatic N) is 4. The second-order valence-electron chi connectivity index (χ2n) is 8.30. The van der Waals surface area contributed by atoms with Gasteiger partial charge in [-0.15, -0.1) is 5.10 Å². The van der Waals surface area contributed by atoms with Crippen molar-refractivity contribution in [2.75, 3.05) is 19.7 Å². The Balaban J connectivity index is 1.22. The van der Waals surface area contributed by atoms with E-state index >= 15 is 0 Å². The van der Waals surface area contributed by atoms with E-state index in [0.717, 1.165) is 0 Å². The van der Waals surface area contributed by atoms with E-state index in [1.54, 1.807) is 16.5 Å². The van der Waals surface area contributed by atoms with Crippen molar-refractivity contribution in [1.29, 1.82) is 0 Å². The summed E-state index contributed by atoms with van der Waals surface area (Å²) in [6.07, 6.45) is 1.04. The number of likely N-dealkylation sites (tertiary alicyclic amines) is 1. The Morgan fingerprint density at radius 2 is 1.62 bits per heavy atom. The molecule has 1 amide bonds. The Morgan fingerprint density at radius 1 is 1.03 bits per heavy atom. The smallest absolute Gasteiger partial charge is 0.409 e. The van der Waals surface area contributed by atoms with Crippen LogP contribution in [0.15, 0.2) is 48.5 Å². The minimum absolute atomic E-state index is 0.0215. The van der Waals surface area contributed by atoms with Gasteiger partial charge in [-0.1, -0.05) is 53.7 Å². The molecule has 0 atom stereocenters. The lowest BCUT2D eigenvalue weighted by Crippen LogP contribution is -2.40. The lowest BCUT2D eigenvalue weighted by Gasteiger charge is -2.32. The molecular formula is C24H24N4O4. The lowest BCUT2D eigenvalue weighted by molar-refractivity contribution is 0.0689. The largest absolute Gasteiger partial charge is 0.476 e. The summed E-state index contributed by atoms with van der Waals surface area (Å²) in [6, 6.07) is 16.6. The van der Waals surface area contributed by atoms with Crippen molar-refractivity contribution < 1.29 is 19.4 Å². The molecule has 0 spiro atoms. The first-order chi connectivity index (χ1) is 15.5. The Bertz CT molecular complexity index is 1130.